The Morgan fingerprint density at radius 1 is 0.939 bits per heavy atom. The van der Waals surface area contributed by atoms with Crippen LogP contribution in [0.2, 0.25) is 0 Å². The van der Waals surface area contributed by atoms with E-state index in [1.807, 2.05) is 77.4 Å². The van der Waals surface area contributed by atoms with Gasteiger partial charge >= 0.3 is 0 Å². The Morgan fingerprint density at radius 2 is 1.70 bits per heavy atom. The summed E-state index contributed by atoms with van der Waals surface area (Å²) in [6.07, 6.45) is 0.681. The molecule has 4 aromatic rings. The molecule has 0 aliphatic carbocycles. The van der Waals surface area contributed by atoms with E-state index in [0.29, 0.717) is 30.3 Å². The summed E-state index contributed by atoms with van der Waals surface area (Å²) in [6.45, 7) is 0.953. The number of hydrogen-bond acceptors (Lipinski definition) is 5. The summed E-state index contributed by atoms with van der Waals surface area (Å²) >= 11 is 0. The quantitative estimate of drug-likeness (QED) is 0.400. The first-order valence-electron chi connectivity index (χ1n) is 10.8. The molecule has 0 saturated heterocycles. The fourth-order valence-electron chi connectivity index (χ4n) is 3.66. The van der Waals surface area contributed by atoms with E-state index in [9.17, 15) is 4.79 Å². The average Bonchev–Trinajstić information content (AvgIpc) is 3.20. The van der Waals surface area contributed by atoms with E-state index >= 15 is 0 Å². The van der Waals surface area contributed by atoms with E-state index in [0.717, 1.165) is 22.3 Å². The Labute approximate surface area is 192 Å². The predicted molar refractivity (Wildman–Crippen MR) is 127 cm³/mol. The second kappa shape index (κ2) is 10.5. The van der Waals surface area contributed by atoms with Crippen molar-refractivity contribution in [2.75, 3.05) is 20.8 Å². The summed E-state index contributed by atoms with van der Waals surface area (Å²) in [5.74, 6) is 2.74. The Balaban J connectivity index is 1.40. The van der Waals surface area contributed by atoms with Gasteiger partial charge in [-0.15, -0.1) is 0 Å². The molecule has 0 bridgehead atoms. The minimum atomic E-state index is -0.0837. The lowest BCUT2D eigenvalue weighted by molar-refractivity contribution is -0.121. The third kappa shape index (κ3) is 5.44. The van der Waals surface area contributed by atoms with Crippen molar-refractivity contribution in [3.05, 3.63) is 84.2 Å². The van der Waals surface area contributed by atoms with E-state index < -0.39 is 0 Å². The van der Waals surface area contributed by atoms with Gasteiger partial charge in [-0.3, -0.25) is 4.79 Å². The van der Waals surface area contributed by atoms with E-state index in [2.05, 4.69) is 10.3 Å². The minimum Gasteiger partial charge on any atom is -0.493 e. The number of methoxy groups -OCH3 is 2. The Hall–Kier alpha value is -4.00. The monoisotopic (exact) mass is 445 g/mol. The molecule has 7 nitrogen and oxygen atoms in total. The first kappa shape index (κ1) is 22.2. The molecule has 1 amide bonds. The standard InChI is InChI=1S/C26H27N3O4/c1-31-23-13-12-19(16-24(23)32-2)14-15-27-26(30)17-29-22-11-7-6-10-21(22)28-25(29)18-33-20-8-4-3-5-9-20/h3-13,16H,14-15,17-18H2,1-2H3,(H,27,30). The van der Waals surface area contributed by atoms with Crippen LogP contribution in [0.5, 0.6) is 17.2 Å². The zero-order chi connectivity index (χ0) is 23.0. The molecular weight excluding hydrogens is 418 g/mol. The van der Waals surface area contributed by atoms with Crippen LogP contribution in [0.15, 0.2) is 72.8 Å². The van der Waals surface area contributed by atoms with Crippen molar-refractivity contribution in [1.29, 1.82) is 0 Å². The number of ether oxygens (including phenoxy) is 3. The van der Waals surface area contributed by atoms with E-state index in [-0.39, 0.29) is 19.1 Å². The Kier molecular flexibility index (Phi) is 7.09. The molecule has 0 atom stereocenters. The predicted octanol–water partition coefficient (Wildman–Crippen LogP) is 3.99. The number of aromatic nitrogens is 2. The Bertz CT molecular complexity index is 1220. The van der Waals surface area contributed by atoms with Gasteiger partial charge in [0.2, 0.25) is 5.91 Å². The van der Waals surface area contributed by atoms with Crippen LogP contribution in [0.4, 0.5) is 0 Å². The number of carbonyl (C=O) groups is 1. The van der Waals surface area contributed by atoms with Gasteiger partial charge in [0.05, 0.1) is 25.3 Å². The van der Waals surface area contributed by atoms with Gasteiger partial charge in [0.25, 0.3) is 0 Å². The number of benzene rings is 3. The number of amides is 1. The molecule has 0 aliphatic heterocycles. The number of rotatable bonds is 10. The van der Waals surface area contributed by atoms with E-state index in [1.54, 1.807) is 14.2 Å². The highest BCUT2D eigenvalue weighted by Crippen LogP contribution is 2.27. The molecule has 0 fully saturated rings. The van der Waals surface area contributed by atoms with Gasteiger partial charge in [-0.05, 0) is 48.4 Å². The van der Waals surface area contributed by atoms with Crippen LogP contribution < -0.4 is 19.5 Å². The third-order valence-corrected chi connectivity index (χ3v) is 5.33. The molecule has 1 N–H and O–H groups in total. The SMILES string of the molecule is COc1ccc(CCNC(=O)Cn2c(COc3ccccc3)nc3ccccc32)cc1OC. The minimum absolute atomic E-state index is 0.0837. The van der Waals surface area contributed by atoms with Crippen LogP contribution in [0, 0.1) is 0 Å². The molecule has 0 saturated carbocycles. The van der Waals surface area contributed by atoms with Crippen molar-refractivity contribution in [3.63, 3.8) is 0 Å². The highest BCUT2D eigenvalue weighted by molar-refractivity contribution is 5.81. The molecule has 4 rings (SSSR count). The van der Waals surface area contributed by atoms with Crippen LogP contribution >= 0.6 is 0 Å². The number of fused-ring (bicyclic) bond motifs is 1. The number of carbonyl (C=O) groups excluding carboxylic acids is 1. The van der Waals surface area contributed by atoms with Gasteiger partial charge in [0.1, 0.15) is 24.7 Å². The molecule has 3 aromatic carbocycles. The number of para-hydroxylation sites is 3. The lowest BCUT2D eigenvalue weighted by Gasteiger charge is -2.12. The van der Waals surface area contributed by atoms with Crippen LogP contribution in [-0.4, -0.2) is 36.2 Å². The molecule has 0 spiro atoms. The van der Waals surface area contributed by atoms with Crippen molar-refractivity contribution < 1.29 is 19.0 Å². The van der Waals surface area contributed by atoms with Crippen molar-refractivity contribution in [1.82, 2.24) is 14.9 Å². The maximum atomic E-state index is 12.7. The second-order valence-corrected chi connectivity index (χ2v) is 7.49. The molecule has 0 aliphatic rings. The molecule has 0 radical (unpaired) electrons. The van der Waals surface area contributed by atoms with E-state index in [1.165, 1.54) is 0 Å². The highest BCUT2D eigenvalue weighted by atomic mass is 16.5. The van der Waals surface area contributed by atoms with Gasteiger partial charge in [-0.1, -0.05) is 36.4 Å². The highest BCUT2D eigenvalue weighted by Gasteiger charge is 2.14. The maximum absolute atomic E-state index is 12.7. The maximum Gasteiger partial charge on any atom is 0.240 e. The molecular formula is C26H27N3O4. The van der Waals surface area contributed by atoms with Crippen molar-refractivity contribution in [3.8, 4) is 17.2 Å². The first-order valence-corrected chi connectivity index (χ1v) is 10.8. The van der Waals surface area contributed by atoms with Crippen LogP contribution in [0.25, 0.3) is 11.0 Å². The zero-order valence-corrected chi connectivity index (χ0v) is 18.8. The topological polar surface area (TPSA) is 74.6 Å². The number of imidazole rings is 1. The van der Waals surface area contributed by atoms with Gasteiger partial charge in [-0.2, -0.15) is 0 Å². The van der Waals surface area contributed by atoms with Gasteiger partial charge in [0.15, 0.2) is 11.5 Å². The molecule has 1 heterocycles. The lowest BCUT2D eigenvalue weighted by Crippen LogP contribution is -2.30. The fourth-order valence-corrected chi connectivity index (χ4v) is 3.66. The lowest BCUT2D eigenvalue weighted by atomic mass is 10.1. The van der Waals surface area contributed by atoms with Crippen LogP contribution in [0.1, 0.15) is 11.4 Å². The summed E-state index contributed by atoms with van der Waals surface area (Å²) in [4.78, 5) is 17.4. The van der Waals surface area contributed by atoms with Crippen LogP contribution in [-0.2, 0) is 24.4 Å². The van der Waals surface area contributed by atoms with E-state index in [4.69, 9.17) is 14.2 Å². The van der Waals surface area contributed by atoms with Crippen molar-refractivity contribution in [2.45, 2.75) is 19.6 Å². The van der Waals surface area contributed by atoms with Crippen LogP contribution in [0.3, 0.4) is 0 Å². The average molecular weight is 446 g/mol. The summed E-state index contributed by atoms with van der Waals surface area (Å²) < 4.78 is 18.4. The molecule has 170 valence electrons. The zero-order valence-electron chi connectivity index (χ0n) is 18.8. The smallest absolute Gasteiger partial charge is 0.240 e. The fraction of sp³-hybridized carbons (Fsp3) is 0.231. The number of nitrogens with zero attached hydrogens (tertiary/aromatic N) is 2. The van der Waals surface area contributed by atoms with Gasteiger partial charge in [-0.25, -0.2) is 4.98 Å². The molecule has 33 heavy (non-hydrogen) atoms. The van der Waals surface area contributed by atoms with Crippen molar-refractivity contribution >= 4 is 16.9 Å². The molecule has 0 unspecified atom stereocenters. The van der Waals surface area contributed by atoms with Gasteiger partial charge in [0, 0.05) is 6.54 Å². The number of hydrogen-bond donors (Lipinski definition) is 1. The van der Waals surface area contributed by atoms with Gasteiger partial charge < -0.3 is 24.1 Å². The summed E-state index contributed by atoms with van der Waals surface area (Å²) in [5.41, 5.74) is 2.79. The third-order valence-electron chi connectivity index (χ3n) is 5.33. The summed E-state index contributed by atoms with van der Waals surface area (Å²) in [6, 6.07) is 23.1. The number of nitrogens with one attached hydrogen (secondary N) is 1. The normalized spacial score (nSPS) is 10.7. The Morgan fingerprint density at radius 3 is 2.48 bits per heavy atom. The largest absolute Gasteiger partial charge is 0.493 e. The summed E-state index contributed by atoms with van der Waals surface area (Å²) in [7, 11) is 3.22. The van der Waals surface area contributed by atoms with Crippen molar-refractivity contribution in [2.24, 2.45) is 0 Å². The molecule has 7 heteroatoms. The summed E-state index contributed by atoms with van der Waals surface area (Å²) in [5, 5.41) is 3.00. The second-order valence-electron chi connectivity index (χ2n) is 7.49. The first-order chi connectivity index (χ1) is 16.2. The molecule has 1 aromatic heterocycles.